The van der Waals surface area contributed by atoms with Crippen LogP contribution in [0.25, 0.3) is 0 Å². The Kier molecular flexibility index (Phi) is 2.92. The van der Waals surface area contributed by atoms with Crippen LogP contribution in [0.1, 0.15) is 39.5 Å². The third kappa shape index (κ3) is 1.95. The summed E-state index contributed by atoms with van der Waals surface area (Å²) in [6.07, 6.45) is 4.12. The van der Waals surface area contributed by atoms with Crippen molar-refractivity contribution in [3.63, 3.8) is 0 Å². The second-order valence-corrected chi connectivity index (χ2v) is 3.30. The van der Waals surface area contributed by atoms with Gasteiger partial charge >= 0.3 is 0 Å². The Labute approximate surface area is 68.6 Å². The van der Waals surface area contributed by atoms with Crippen molar-refractivity contribution in [1.82, 2.24) is 4.90 Å². The van der Waals surface area contributed by atoms with Crippen LogP contribution >= 0.6 is 0 Å². The van der Waals surface area contributed by atoms with E-state index < -0.39 is 0 Å². The van der Waals surface area contributed by atoms with Crippen LogP contribution in [-0.2, 0) is 4.79 Å². The number of rotatable bonds is 2. The first-order valence-corrected chi connectivity index (χ1v) is 4.55. The van der Waals surface area contributed by atoms with E-state index in [1.807, 2.05) is 4.90 Å². The molecule has 64 valence electrons. The lowest BCUT2D eigenvalue weighted by Crippen LogP contribution is -2.41. The lowest BCUT2D eigenvalue weighted by Gasteiger charge is -2.31. The van der Waals surface area contributed by atoms with E-state index in [9.17, 15) is 4.79 Å². The van der Waals surface area contributed by atoms with Gasteiger partial charge in [-0.3, -0.25) is 4.79 Å². The van der Waals surface area contributed by atoms with Gasteiger partial charge in [0, 0.05) is 19.0 Å². The Morgan fingerprint density at radius 3 is 2.82 bits per heavy atom. The summed E-state index contributed by atoms with van der Waals surface area (Å²) in [5, 5.41) is 0. The van der Waals surface area contributed by atoms with E-state index in [0.29, 0.717) is 11.9 Å². The highest BCUT2D eigenvalue weighted by Crippen LogP contribution is 2.14. The summed E-state index contributed by atoms with van der Waals surface area (Å²) in [5.41, 5.74) is 0. The Morgan fingerprint density at radius 1 is 1.55 bits per heavy atom. The molecule has 1 unspecified atom stereocenters. The maximum Gasteiger partial charge on any atom is 0.222 e. The largest absolute Gasteiger partial charge is 0.340 e. The molecule has 1 amide bonds. The Morgan fingerprint density at radius 2 is 2.27 bits per heavy atom. The Bertz CT molecular complexity index is 144. The van der Waals surface area contributed by atoms with Gasteiger partial charge in [-0.2, -0.15) is 0 Å². The fraction of sp³-hybridized carbons (Fsp3) is 0.889. The van der Waals surface area contributed by atoms with Crippen LogP contribution < -0.4 is 0 Å². The van der Waals surface area contributed by atoms with E-state index in [4.69, 9.17) is 0 Å². The van der Waals surface area contributed by atoms with E-state index in [1.165, 1.54) is 6.42 Å². The molecule has 0 spiro atoms. The number of amides is 1. The highest BCUT2D eigenvalue weighted by Gasteiger charge is 2.21. The minimum absolute atomic E-state index is 0.352. The predicted molar refractivity (Wildman–Crippen MR) is 45.3 cm³/mol. The van der Waals surface area contributed by atoms with Gasteiger partial charge in [0.1, 0.15) is 0 Å². The molecular weight excluding hydrogens is 138 g/mol. The van der Waals surface area contributed by atoms with Crippen LogP contribution in [0.2, 0.25) is 0 Å². The molecular formula is C9H17NO. The maximum absolute atomic E-state index is 11.3. The fourth-order valence-corrected chi connectivity index (χ4v) is 1.51. The number of hydrogen-bond donors (Lipinski definition) is 0. The predicted octanol–water partition coefficient (Wildman–Crippen LogP) is 1.80. The van der Waals surface area contributed by atoms with Crippen molar-refractivity contribution in [2.24, 2.45) is 0 Å². The molecule has 0 aliphatic carbocycles. The first-order valence-electron chi connectivity index (χ1n) is 4.55. The van der Waals surface area contributed by atoms with Crippen molar-refractivity contribution >= 4 is 5.91 Å². The van der Waals surface area contributed by atoms with Crippen molar-refractivity contribution in [1.29, 1.82) is 0 Å². The summed E-state index contributed by atoms with van der Waals surface area (Å²) in [4.78, 5) is 13.3. The zero-order valence-corrected chi connectivity index (χ0v) is 7.47. The maximum atomic E-state index is 11.3. The van der Waals surface area contributed by atoms with Gasteiger partial charge in [0.15, 0.2) is 0 Å². The average molecular weight is 155 g/mol. The average Bonchev–Trinajstić information content (AvgIpc) is 2.04. The van der Waals surface area contributed by atoms with Crippen LogP contribution in [-0.4, -0.2) is 23.4 Å². The van der Waals surface area contributed by atoms with Gasteiger partial charge in [0.05, 0.1) is 0 Å². The van der Waals surface area contributed by atoms with Crippen molar-refractivity contribution < 1.29 is 4.79 Å². The van der Waals surface area contributed by atoms with Gasteiger partial charge < -0.3 is 4.90 Å². The first-order chi connectivity index (χ1) is 5.25. The Hall–Kier alpha value is -0.530. The SMILES string of the molecule is CCC(C)N1CCCCC1=O. The number of nitrogens with zero attached hydrogens (tertiary/aromatic N) is 1. The van der Waals surface area contributed by atoms with E-state index in [1.54, 1.807) is 0 Å². The monoisotopic (exact) mass is 155 g/mol. The van der Waals surface area contributed by atoms with Crippen LogP contribution in [0.3, 0.4) is 0 Å². The Balaban J connectivity index is 2.47. The van der Waals surface area contributed by atoms with Crippen LogP contribution in [0.15, 0.2) is 0 Å². The highest BCUT2D eigenvalue weighted by molar-refractivity contribution is 5.77. The highest BCUT2D eigenvalue weighted by atomic mass is 16.2. The van der Waals surface area contributed by atoms with Gasteiger partial charge in [-0.25, -0.2) is 0 Å². The molecule has 0 radical (unpaired) electrons. The van der Waals surface area contributed by atoms with Crippen LogP contribution in [0.4, 0.5) is 0 Å². The van der Waals surface area contributed by atoms with Gasteiger partial charge in [-0.15, -0.1) is 0 Å². The molecule has 11 heavy (non-hydrogen) atoms. The second-order valence-electron chi connectivity index (χ2n) is 3.30. The minimum Gasteiger partial charge on any atom is -0.340 e. The minimum atomic E-state index is 0.352. The number of hydrogen-bond acceptors (Lipinski definition) is 1. The van der Waals surface area contributed by atoms with Gasteiger partial charge in [0.2, 0.25) is 5.91 Å². The van der Waals surface area contributed by atoms with Crippen LogP contribution in [0, 0.1) is 0 Å². The van der Waals surface area contributed by atoms with Crippen molar-refractivity contribution in [2.75, 3.05) is 6.54 Å². The summed E-state index contributed by atoms with van der Waals surface area (Å²) < 4.78 is 0. The molecule has 0 bridgehead atoms. The van der Waals surface area contributed by atoms with E-state index in [0.717, 1.165) is 25.8 Å². The van der Waals surface area contributed by atoms with E-state index in [-0.39, 0.29) is 0 Å². The summed E-state index contributed by atoms with van der Waals surface area (Å²) in [6.45, 7) is 5.24. The quantitative estimate of drug-likeness (QED) is 0.595. The molecule has 1 aliphatic heterocycles. The smallest absolute Gasteiger partial charge is 0.222 e. The molecule has 2 heteroatoms. The molecule has 1 atom stereocenters. The fourth-order valence-electron chi connectivity index (χ4n) is 1.51. The zero-order chi connectivity index (χ0) is 8.27. The van der Waals surface area contributed by atoms with Crippen molar-refractivity contribution in [3.8, 4) is 0 Å². The summed E-state index contributed by atoms with van der Waals surface area (Å²) in [7, 11) is 0. The number of carbonyl (C=O) groups excluding carboxylic acids is 1. The molecule has 0 aromatic carbocycles. The molecule has 2 nitrogen and oxygen atoms in total. The third-order valence-electron chi connectivity index (χ3n) is 2.48. The number of piperidine rings is 1. The van der Waals surface area contributed by atoms with Gasteiger partial charge in [-0.05, 0) is 26.2 Å². The first kappa shape index (κ1) is 8.57. The molecule has 1 saturated heterocycles. The van der Waals surface area contributed by atoms with E-state index >= 15 is 0 Å². The van der Waals surface area contributed by atoms with Gasteiger partial charge in [-0.1, -0.05) is 6.92 Å². The molecule has 1 aliphatic rings. The molecule has 1 heterocycles. The van der Waals surface area contributed by atoms with E-state index in [2.05, 4.69) is 13.8 Å². The molecule has 0 saturated carbocycles. The van der Waals surface area contributed by atoms with Crippen molar-refractivity contribution in [3.05, 3.63) is 0 Å². The molecule has 0 aromatic rings. The lowest BCUT2D eigenvalue weighted by molar-refractivity contribution is -0.135. The van der Waals surface area contributed by atoms with Gasteiger partial charge in [0.25, 0.3) is 0 Å². The third-order valence-corrected chi connectivity index (χ3v) is 2.48. The summed E-state index contributed by atoms with van der Waals surface area (Å²) in [6, 6.07) is 0.447. The zero-order valence-electron chi connectivity index (χ0n) is 7.47. The molecule has 0 N–H and O–H groups in total. The van der Waals surface area contributed by atoms with Crippen LogP contribution in [0.5, 0.6) is 0 Å². The molecule has 0 aromatic heterocycles. The second kappa shape index (κ2) is 3.74. The van der Waals surface area contributed by atoms with Crippen molar-refractivity contribution in [2.45, 2.75) is 45.6 Å². The topological polar surface area (TPSA) is 20.3 Å². The standard InChI is InChI=1S/C9H17NO/c1-3-8(2)10-7-5-4-6-9(10)11/h8H,3-7H2,1-2H3. The number of likely N-dealkylation sites (tertiary alicyclic amines) is 1. The normalized spacial score (nSPS) is 22.0. The summed E-state index contributed by atoms with van der Waals surface area (Å²) in [5.74, 6) is 0.352. The summed E-state index contributed by atoms with van der Waals surface area (Å²) >= 11 is 0. The molecule has 1 fully saturated rings. The molecule has 1 rings (SSSR count). The lowest BCUT2D eigenvalue weighted by atomic mass is 10.1. The number of carbonyl (C=O) groups is 1.